The van der Waals surface area contributed by atoms with Crippen LogP contribution in [0.3, 0.4) is 0 Å². The van der Waals surface area contributed by atoms with Crippen molar-refractivity contribution in [3.63, 3.8) is 0 Å². The molecule has 0 aliphatic carbocycles. The van der Waals surface area contributed by atoms with E-state index >= 15 is 0 Å². The summed E-state index contributed by atoms with van der Waals surface area (Å²) in [5.41, 5.74) is 1.62. The van der Waals surface area contributed by atoms with Crippen LogP contribution in [0.1, 0.15) is 75.6 Å². The highest BCUT2D eigenvalue weighted by atomic mass is 16.2. The molecule has 2 heterocycles. The van der Waals surface area contributed by atoms with E-state index in [-0.39, 0.29) is 17.4 Å². The number of carbonyl (C=O) groups excluding carboxylic acids is 1. The third kappa shape index (κ3) is 5.03. The standard InChI is InChI=1S/C17H31N5O/c1-12(6-9-17(3,4)5)19-16(23)15-13(2)22(21-20-15)14-7-10-18-11-8-14/h12,14,18H,6-11H2,1-5H3,(H,19,23). The number of hydrogen-bond donors (Lipinski definition) is 2. The minimum Gasteiger partial charge on any atom is -0.348 e. The van der Waals surface area contributed by atoms with Gasteiger partial charge in [0.2, 0.25) is 0 Å². The van der Waals surface area contributed by atoms with Gasteiger partial charge in [-0.1, -0.05) is 26.0 Å². The summed E-state index contributed by atoms with van der Waals surface area (Å²) in [5.74, 6) is -0.107. The molecular weight excluding hydrogens is 290 g/mol. The Bertz CT molecular complexity index is 526. The molecule has 0 aromatic carbocycles. The molecule has 1 aliphatic heterocycles. The lowest BCUT2D eigenvalue weighted by Crippen LogP contribution is -2.34. The van der Waals surface area contributed by atoms with Crippen molar-refractivity contribution < 1.29 is 4.79 Å². The highest BCUT2D eigenvalue weighted by molar-refractivity contribution is 5.93. The smallest absolute Gasteiger partial charge is 0.273 e. The van der Waals surface area contributed by atoms with Crippen LogP contribution in [-0.2, 0) is 0 Å². The Morgan fingerprint density at radius 2 is 2.04 bits per heavy atom. The van der Waals surface area contributed by atoms with Crippen molar-refractivity contribution in [1.29, 1.82) is 0 Å². The molecule has 2 rings (SSSR count). The summed E-state index contributed by atoms with van der Waals surface area (Å²) in [7, 11) is 0. The van der Waals surface area contributed by atoms with Crippen LogP contribution in [0.5, 0.6) is 0 Å². The maximum absolute atomic E-state index is 12.5. The minimum absolute atomic E-state index is 0.107. The Labute approximate surface area is 139 Å². The second kappa shape index (κ2) is 7.43. The van der Waals surface area contributed by atoms with Gasteiger partial charge in [0.05, 0.1) is 11.7 Å². The number of rotatable bonds is 5. The lowest BCUT2D eigenvalue weighted by molar-refractivity contribution is 0.0929. The molecule has 1 unspecified atom stereocenters. The fraction of sp³-hybridized carbons (Fsp3) is 0.824. The van der Waals surface area contributed by atoms with Crippen LogP contribution in [0.4, 0.5) is 0 Å². The van der Waals surface area contributed by atoms with Crippen molar-refractivity contribution in [2.75, 3.05) is 13.1 Å². The summed E-state index contributed by atoms with van der Waals surface area (Å²) in [6.45, 7) is 12.6. The van der Waals surface area contributed by atoms with Crippen molar-refractivity contribution in [2.45, 2.75) is 72.4 Å². The second-order valence-corrected chi connectivity index (χ2v) is 7.92. The number of amides is 1. The molecule has 6 nitrogen and oxygen atoms in total. The zero-order chi connectivity index (χ0) is 17.0. The van der Waals surface area contributed by atoms with Crippen LogP contribution < -0.4 is 10.6 Å². The van der Waals surface area contributed by atoms with Gasteiger partial charge in [-0.3, -0.25) is 4.79 Å². The monoisotopic (exact) mass is 321 g/mol. The molecule has 1 aliphatic rings. The Morgan fingerprint density at radius 1 is 1.39 bits per heavy atom. The van der Waals surface area contributed by atoms with Crippen LogP contribution in [0.2, 0.25) is 0 Å². The van der Waals surface area contributed by atoms with Gasteiger partial charge in [0.15, 0.2) is 5.69 Å². The Hall–Kier alpha value is -1.43. The highest BCUT2D eigenvalue weighted by Crippen LogP contribution is 2.22. The number of carbonyl (C=O) groups is 1. The predicted octanol–water partition coefficient (Wildman–Crippen LogP) is 2.46. The summed E-state index contributed by atoms with van der Waals surface area (Å²) in [4.78, 5) is 12.5. The lowest BCUT2D eigenvalue weighted by atomic mass is 9.89. The molecule has 1 amide bonds. The fourth-order valence-electron chi connectivity index (χ4n) is 2.96. The van der Waals surface area contributed by atoms with Gasteiger partial charge in [0.25, 0.3) is 5.91 Å². The molecule has 1 fully saturated rings. The van der Waals surface area contributed by atoms with E-state index in [0.29, 0.717) is 11.7 Å². The maximum atomic E-state index is 12.5. The minimum atomic E-state index is -0.107. The van der Waals surface area contributed by atoms with Gasteiger partial charge >= 0.3 is 0 Å². The Morgan fingerprint density at radius 3 is 2.65 bits per heavy atom. The normalized spacial score (nSPS) is 18.0. The molecule has 1 atom stereocenters. The average Bonchev–Trinajstić information content (AvgIpc) is 2.87. The molecule has 23 heavy (non-hydrogen) atoms. The molecule has 1 aromatic rings. The first-order valence-electron chi connectivity index (χ1n) is 8.71. The topological polar surface area (TPSA) is 71.8 Å². The molecular formula is C17H31N5O. The second-order valence-electron chi connectivity index (χ2n) is 7.92. The fourth-order valence-corrected chi connectivity index (χ4v) is 2.96. The first-order chi connectivity index (χ1) is 10.8. The van der Waals surface area contributed by atoms with Gasteiger partial charge in [-0.15, -0.1) is 5.10 Å². The summed E-state index contributed by atoms with van der Waals surface area (Å²) >= 11 is 0. The zero-order valence-electron chi connectivity index (χ0n) is 15.1. The van der Waals surface area contributed by atoms with Gasteiger partial charge in [-0.05, 0) is 58.0 Å². The number of nitrogens with one attached hydrogen (secondary N) is 2. The van der Waals surface area contributed by atoms with E-state index in [4.69, 9.17) is 0 Å². The molecule has 130 valence electrons. The zero-order valence-corrected chi connectivity index (χ0v) is 15.1. The number of aromatic nitrogens is 3. The van der Waals surface area contributed by atoms with E-state index in [9.17, 15) is 4.79 Å². The first kappa shape index (κ1) is 17.9. The summed E-state index contributed by atoms with van der Waals surface area (Å²) < 4.78 is 1.93. The average molecular weight is 321 g/mol. The van der Waals surface area contributed by atoms with Crippen LogP contribution in [0.15, 0.2) is 0 Å². The van der Waals surface area contributed by atoms with Gasteiger partial charge in [0.1, 0.15) is 0 Å². The van der Waals surface area contributed by atoms with E-state index in [1.807, 2.05) is 11.6 Å². The number of nitrogens with zero attached hydrogens (tertiary/aromatic N) is 3. The van der Waals surface area contributed by atoms with E-state index in [1.54, 1.807) is 0 Å². The predicted molar refractivity (Wildman–Crippen MR) is 91.5 cm³/mol. The van der Waals surface area contributed by atoms with Gasteiger partial charge < -0.3 is 10.6 Å². The van der Waals surface area contributed by atoms with E-state index < -0.39 is 0 Å². The maximum Gasteiger partial charge on any atom is 0.273 e. The SMILES string of the molecule is Cc1c(C(=O)NC(C)CCC(C)(C)C)nnn1C1CCNCC1. The van der Waals surface area contributed by atoms with Gasteiger partial charge in [-0.25, -0.2) is 4.68 Å². The Kier molecular flexibility index (Phi) is 5.79. The van der Waals surface area contributed by atoms with Crippen molar-refractivity contribution in [2.24, 2.45) is 5.41 Å². The largest absolute Gasteiger partial charge is 0.348 e. The van der Waals surface area contributed by atoms with E-state index in [0.717, 1.165) is 44.5 Å². The van der Waals surface area contributed by atoms with Crippen LogP contribution in [-0.4, -0.2) is 40.0 Å². The number of hydrogen-bond acceptors (Lipinski definition) is 4. The third-order valence-corrected chi connectivity index (χ3v) is 4.50. The molecule has 0 bridgehead atoms. The summed E-state index contributed by atoms with van der Waals surface area (Å²) in [5, 5.41) is 14.8. The van der Waals surface area contributed by atoms with Crippen LogP contribution >= 0.6 is 0 Å². The van der Waals surface area contributed by atoms with Crippen molar-refractivity contribution in [3.8, 4) is 0 Å². The molecule has 0 saturated carbocycles. The molecule has 0 radical (unpaired) electrons. The van der Waals surface area contributed by atoms with E-state index in [1.165, 1.54) is 0 Å². The Balaban J connectivity index is 1.96. The van der Waals surface area contributed by atoms with Crippen molar-refractivity contribution in [3.05, 3.63) is 11.4 Å². The molecule has 2 N–H and O–H groups in total. The first-order valence-corrected chi connectivity index (χ1v) is 8.71. The van der Waals surface area contributed by atoms with Crippen molar-refractivity contribution in [1.82, 2.24) is 25.6 Å². The molecule has 1 saturated heterocycles. The highest BCUT2D eigenvalue weighted by Gasteiger charge is 2.23. The van der Waals surface area contributed by atoms with Crippen LogP contribution in [0, 0.1) is 12.3 Å². The van der Waals surface area contributed by atoms with E-state index in [2.05, 4.69) is 48.6 Å². The quantitative estimate of drug-likeness (QED) is 0.874. The third-order valence-electron chi connectivity index (χ3n) is 4.50. The summed E-state index contributed by atoms with van der Waals surface area (Å²) in [6, 6.07) is 0.494. The van der Waals surface area contributed by atoms with Crippen LogP contribution in [0.25, 0.3) is 0 Å². The van der Waals surface area contributed by atoms with Gasteiger partial charge in [0, 0.05) is 6.04 Å². The van der Waals surface area contributed by atoms with Crippen molar-refractivity contribution >= 4 is 5.91 Å². The molecule has 0 spiro atoms. The summed E-state index contributed by atoms with van der Waals surface area (Å²) in [6.07, 6.45) is 4.12. The number of piperidine rings is 1. The molecule has 6 heteroatoms. The molecule has 1 aromatic heterocycles. The lowest BCUT2D eigenvalue weighted by Gasteiger charge is -2.23. The van der Waals surface area contributed by atoms with Gasteiger partial charge in [-0.2, -0.15) is 0 Å².